The van der Waals surface area contributed by atoms with Crippen molar-refractivity contribution < 1.29 is 14.4 Å². The van der Waals surface area contributed by atoms with Gasteiger partial charge in [0.15, 0.2) is 0 Å². The number of β-amino-alcohol motifs (C(OH)–C–C–N with tert-alkyl or cyclic N) is 1. The summed E-state index contributed by atoms with van der Waals surface area (Å²) in [6.45, 7) is 0.726. The molecule has 1 fully saturated rings. The summed E-state index contributed by atoms with van der Waals surface area (Å²) >= 11 is 0. The van der Waals surface area contributed by atoms with Crippen LogP contribution in [-0.2, 0) is 0 Å². The van der Waals surface area contributed by atoms with Crippen LogP contribution >= 0.6 is 0 Å². The normalized spacial score (nSPS) is 19.7. The van der Waals surface area contributed by atoms with Crippen molar-refractivity contribution in [3.05, 3.63) is 60.4 Å². The quantitative estimate of drug-likeness (QED) is 0.727. The number of piperidine rings is 1. The van der Waals surface area contributed by atoms with Crippen molar-refractivity contribution in [2.24, 2.45) is 0 Å². The Morgan fingerprint density at radius 3 is 2.74 bits per heavy atom. The molecule has 138 valence electrons. The molecule has 4 rings (SSSR count). The van der Waals surface area contributed by atoms with Crippen LogP contribution < -0.4 is 5.32 Å². The zero-order valence-corrected chi connectivity index (χ0v) is 14.5. The van der Waals surface area contributed by atoms with E-state index < -0.39 is 6.10 Å². The first-order valence-corrected chi connectivity index (χ1v) is 8.75. The summed E-state index contributed by atoms with van der Waals surface area (Å²) in [4.78, 5) is 22.5. The molecule has 1 aromatic carbocycles. The largest absolute Gasteiger partial charge is 0.389 e. The number of aromatic nitrogens is 3. The summed E-state index contributed by atoms with van der Waals surface area (Å²) < 4.78 is 5.27. The lowest BCUT2D eigenvalue weighted by Gasteiger charge is -2.35. The summed E-state index contributed by atoms with van der Waals surface area (Å²) in [6.07, 6.45) is 1.40. The molecule has 8 nitrogen and oxygen atoms in total. The molecule has 8 heteroatoms. The Morgan fingerprint density at radius 1 is 1.19 bits per heavy atom. The van der Waals surface area contributed by atoms with Gasteiger partial charge in [-0.05, 0) is 35.8 Å². The first-order valence-electron chi connectivity index (χ1n) is 8.75. The molecule has 3 heterocycles. The number of aliphatic hydroxyl groups is 1. The average molecular weight is 365 g/mol. The highest BCUT2D eigenvalue weighted by Crippen LogP contribution is 2.21. The third-order valence-corrected chi connectivity index (χ3v) is 4.51. The fourth-order valence-corrected chi connectivity index (χ4v) is 3.08. The average Bonchev–Trinajstić information content (AvgIpc) is 3.19. The minimum atomic E-state index is -0.745. The maximum Gasteiger partial charge on any atom is 0.272 e. The molecular formula is C19H19N5O3. The van der Waals surface area contributed by atoms with E-state index >= 15 is 0 Å². The number of benzene rings is 1. The number of rotatable bonds is 4. The highest BCUT2D eigenvalue weighted by Gasteiger charge is 2.31. The lowest BCUT2D eigenvalue weighted by Crippen LogP contribution is -2.51. The van der Waals surface area contributed by atoms with Crippen LogP contribution in [0.2, 0.25) is 0 Å². The van der Waals surface area contributed by atoms with Crippen LogP contribution in [0, 0.1) is 0 Å². The van der Waals surface area contributed by atoms with E-state index in [9.17, 15) is 9.90 Å². The summed E-state index contributed by atoms with van der Waals surface area (Å²) in [7, 11) is 0. The van der Waals surface area contributed by atoms with Crippen LogP contribution in [0.1, 0.15) is 16.9 Å². The van der Waals surface area contributed by atoms with Gasteiger partial charge in [-0.15, -0.1) is 0 Å². The number of carbonyl (C=O) groups is 1. The number of nitrogens with one attached hydrogen (secondary N) is 1. The fraction of sp³-hybridized carbons (Fsp3) is 0.263. The molecule has 0 radical (unpaired) electrons. The number of pyridine rings is 1. The predicted molar refractivity (Wildman–Crippen MR) is 97.9 cm³/mol. The van der Waals surface area contributed by atoms with E-state index in [2.05, 4.69) is 20.4 Å². The van der Waals surface area contributed by atoms with Gasteiger partial charge in [0.1, 0.15) is 5.69 Å². The van der Waals surface area contributed by atoms with Crippen molar-refractivity contribution in [2.75, 3.05) is 18.4 Å². The second kappa shape index (κ2) is 7.55. The van der Waals surface area contributed by atoms with E-state index in [0.717, 1.165) is 5.56 Å². The highest BCUT2D eigenvalue weighted by molar-refractivity contribution is 5.92. The smallest absolute Gasteiger partial charge is 0.272 e. The first-order chi connectivity index (χ1) is 13.2. The first kappa shape index (κ1) is 17.2. The van der Waals surface area contributed by atoms with E-state index in [-0.39, 0.29) is 18.5 Å². The lowest BCUT2D eigenvalue weighted by atomic mass is 10.0. The molecular weight excluding hydrogens is 346 g/mol. The maximum atomic E-state index is 12.5. The molecule has 27 heavy (non-hydrogen) atoms. The predicted octanol–water partition coefficient (Wildman–Crippen LogP) is 1.82. The van der Waals surface area contributed by atoms with Gasteiger partial charge in [-0.1, -0.05) is 24.3 Å². The van der Waals surface area contributed by atoms with Gasteiger partial charge < -0.3 is 19.8 Å². The van der Waals surface area contributed by atoms with E-state index in [1.165, 1.54) is 0 Å². The topological polar surface area (TPSA) is 104 Å². The number of hydrogen-bond donors (Lipinski definition) is 2. The van der Waals surface area contributed by atoms with Crippen LogP contribution in [0.5, 0.6) is 0 Å². The number of amides is 1. The van der Waals surface area contributed by atoms with Gasteiger partial charge in [0.25, 0.3) is 17.7 Å². The van der Waals surface area contributed by atoms with Gasteiger partial charge in [-0.25, -0.2) is 0 Å². The molecule has 0 aliphatic carbocycles. The molecule has 1 aliphatic rings. The second-order valence-corrected chi connectivity index (χ2v) is 6.36. The number of anilines is 1. The van der Waals surface area contributed by atoms with Crippen molar-refractivity contribution in [1.82, 2.24) is 20.0 Å². The molecule has 2 atom stereocenters. The third-order valence-electron chi connectivity index (χ3n) is 4.51. The fourth-order valence-electron chi connectivity index (χ4n) is 3.08. The Bertz CT molecular complexity index is 900. The summed E-state index contributed by atoms with van der Waals surface area (Å²) in [5, 5.41) is 17.5. The summed E-state index contributed by atoms with van der Waals surface area (Å²) in [5.41, 5.74) is 1.20. The van der Waals surface area contributed by atoms with Gasteiger partial charge in [0, 0.05) is 24.8 Å². The second-order valence-electron chi connectivity index (χ2n) is 6.36. The van der Waals surface area contributed by atoms with Crippen molar-refractivity contribution in [3.8, 4) is 11.5 Å². The highest BCUT2D eigenvalue weighted by atomic mass is 16.5. The van der Waals surface area contributed by atoms with Crippen LogP contribution in [0.4, 0.5) is 5.95 Å². The van der Waals surface area contributed by atoms with Gasteiger partial charge in [-0.2, -0.15) is 4.98 Å². The monoisotopic (exact) mass is 365 g/mol. The van der Waals surface area contributed by atoms with E-state index in [1.54, 1.807) is 29.3 Å². The number of nitrogens with zero attached hydrogens (tertiary/aromatic N) is 4. The molecule has 1 amide bonds. The Hall–Kier alpha value is -3.26. The minimum absolute atomic E-state index is 0.181. The maximum absolute atomic E-state index is 12.5. The number of likely N-dealkylation sites (tertiary alicyclic amines) is 1. The van der Waals surface area contributed by atoms with Gasteiger partial charge in [-0.3, -0.25) is 9.78 Å². The number of hydrogen-bond acceptors (Lipinski definition) is 7. The zero-order chi connectivity index (χ0) is 18.6. The molecule has 1 saturated heterocycles. The summed E-state index contributed by atoms with van der Waals surface area (Å²) in [6, 6.07) is 14.4. The van der Waals surface area contributed by atoms with Crippen molar-refractivity contribution in [3.63, 3.8) is 0 Å². The SMILES string of the molecule is O=C(c1ccccn1)N1CC[C@@H](Nc2noc(-c3ccccc3)n2)[C@H](O)C1. The molecule has 0 unspecified atom stereocenters. The Morgan fingerprint density at radius 2 is 2.00 bits per heavy atom. The standard InChI is InChI=1S/C19H19N5O3/c25-16-12-24(18(26)15-8-4-5-10-20-15)11-9-14(16)21-19-22-17(27-23-19)13-6-2-1-3-7-13/h1-8,10,14,16,25H,9,11-12H2,(H,21,23)/t14-,16-/m1/s1. The van der Waals surface area contributed by atoms with Crippen molar-refractivity contribution >= 4 is 11.9 Å². The lowest BCUT2D eigenvalue weighted by molar-refractivity contribution is 0.0420. The molecule has 0 saturated carbocycles. The van der Waals surface area contributed by atoms with E-state index in [0.29, 0.717) is 30.5 Å². The molecule has 2 aromatic heterocycles. The van der Waals surface area contributed by atoms with E-state index in [4.69, 9.17) is 4.52 Å². The molecule has 0 spiro atoms. The Balaban J connectivity index is 1.38. The molecule has 0 bridgehead atoms. The number of carbonyl (C=O) groups excluding carboxylic acids is 1. The molecule has 3 aromatic rings. The van der Waals surface area contributed by atoms with Crippen molar-refractivity contribution in [1.29, 1.82) is 0 Å². The van der Waals surface area contributed by atoms with Gasteiger partial charge >= 0.3 is 0 Å². The van der Waals surface area contributed by atoms with Crippen LogP contribution in [0.25, 0.3) is 11.5 Å². The van der Waals surface area contributed by atoms with Gasteiger partial charge in [0.05, 0.1) is 12.1 Å². The van der Waals surface area contributed by atoms with Crippen LogP contribution in [-0.4, -0.2) is 56.3 Å². The van der Waals surface area contributed by atoms with Crippen LogP contribution in [0.15, 0.2) is 59.3 Å². The molecule has 2 N–H and O–H groups in total. The van der Waals surface area contributed by atoms with Crippen LogP contribution in [0.3, 0.4) is 0 Å². The van der Waals surface area contributed by atoms with E-state index in [1.807, 2.05) is 30.3 Å². The minimum Gasteiger partial charge on any atom is -0.389 e. The number of aliphatic hydroxyl groups excluding tert-OH is 1. The third kappa shape index (κ3) is 3.80. The molecule has 1 aliphatic heterocycles. The Kier molecular flexibility index (Phi) is 4.80. The van der Waals surface area contributed by atoms with Gasteiger partial charge in [0.2, 0.25) is 0 Å². The Labute approximate surface area is 155 Å². The zero-order valence-electron chi connectivity index (χ0n) is 14.5. The summed E-state index contributed by atoms with van der Waals surface area (Å²) in [5.74, 6) is 0.553. The van der Waals surface area contributed by atoms with Crippen molar-refractivity contribution in [2.45, 2.75) is 18.6 Å².